The van der Waals surface area contributed by atoms with Crippen LogP contribution in [0.4, 0.5) is 14.5 Å². The van der Waals surface area contributed by atoms with Crippen LogP contribution in [0.5, 0.6) is 11.5 Å². The Morgan fingerprint density at radius 1 is 1.14 bits per heavy atom. The Balaban J connectivity index is 1.96. The van der Waals surface area contributed by atoms with Gasteiger partial charge in [0.05, 0.1) is 13.3 Å². The average molecular weight is 406 g/mol. The summed E-state index contributed by atoms with van der Waals surface area (Å²) in [6.45, 7) is -0.0354. The summed E-state index contributed by atoms with van der Waals surface area (Å²) in [6.07, 6.45) is 0.380. The number of nitrogens with zero attached hydrogens (tertiary/aromatic N) is 1. The van der Waals surface area contributed by atoms with E-state index in [4.69, 9.17) is 9.57 Å². The van der Waals surface area contributed by atoms with Gasteiger partial charge in [0.15, 0.2) is 17.3 Å². The zero-order valence-corrected chi connectivity index (χ0v) is 16.0. The molecule has 0 aliphatic carbocycles. The standard InChI is InChI=1S/C20H20F2N2O5/c1-12(25)15-5-4-6-16(10-15)24-19(26)13(2)29-23-11-14-7-8-17(28-20(21)22)18(9-14)27-3/h4-11,13,20H,1-3H3,(H,24,26)/b23-11+. The molecule has 0 saturated carbocycles. The summed E-state index contributed by atoms with van der Waals surface area (Å²) in [6, 6.07) is 10.7. The van der Waals surface area contributed by atoms with Crippen molar-refractivity contribution >= 4 is 23.6 Å². The molecule has 0 radical (unpaired) electrons. The molecule has 1 amide bonds. The number of benzene rings is 2. The molecule has 154 valence electrons. The third-order valence-corrected chi connectivity index (χ3v) is 3.73. The highest BCUT2D eigenvalue weighted by atomic mass is 19.3. The number of amides is 1. The topological polar surface area (TPSA) is 86.2 Å². The Hall–Kier alpha value is -3.49. The number of anilines is 1. The summed E-state index contributed by atoms with van der Waals surface area (Å²) >= 11 is 0. The zero-order chi connectivity index (χ0) is 21.4. The normalized spacial score (nSPS) is 11.9. The van der Waals surface area contributed by atoms with Crippen molar-refractivity contribution < 1.29 is 32.7 Å². The van der Waals surface area contributed by atoms with Gasteiger partial charge in [-0.1, -0.05) is 17.3 Å². The van der Waals surface area contributed by atoms with Gasteiger partial charge >= 0.3 is 6.61 Å². The first-order valence-corrected chi connectivity index (χ1v) is 8.54. The van der Waals surface area contributed by atoms with E-state index in [0.717, 1.165) is 0 Å². The molecule has 0 saturated heterocycles. The van der Waals surface area contributed by atoms with Crippen LogP contribution >= 0.6 is 0 Å². The molecular weight excluding hydrogens is 386 g/mol. The van der Waals surface area contributed by atoms with E-state index in [1.807, 2.05) is 0 Å². The summed E-state index contributed by atoms with van der Waals surface area (Å²) in [5, 5.41) is 6.36. The smallest absolute Gasteiger partial charge is 0.387 e. The zero-order valence-electron chi connectivity index (χ0n) is 16.0. The minimum absolute atomic E-state index is 0.102. The van der Waals surface area contributed by atoms with E-state index in [0.29, 0.717) is 16.8 Å². The van der Waals surface area contributed by atoms with Gasteiger partial charge in [-0.05, 0) is 44.2 Å². The fourth-order valence-corrected chi connectivity index (χ4v) is 2.25. The molecule has 29 heavy (non-hydrogen) atoms. The minimum Gasteiger partial charge on any atom is -0.493 e. The van der Waals surface area contributed by atoms with Crippen LogP contribution in [0.15, 0.2) is 47.6 Å². The lowest BCUT2D eigenvalue weighted by molar-refractivity contribution is -0.126. The second kappa shape index (κ2) is 10.2. The van der Waals surface area contributed by atoms with Crippen molar-refractivity contribution in [2.45, 2.75) is 26.6 Å². The lowest BCUT2D eigenvalue weighted by Crippen LogP contribution is -2.26. The van der Waals surface area contributed by atoms with Crippen molar-refractivity contribution in [2.24, 2.45) is 5.16 Å². The van der Waals surface area contributed by atoms with Crippen LogP contribution in [0.2, 0.25) is 0 Å². The van der Waals surface area contributed by atoms with Gasteiger partial charge in [-0.2, -0.15) is 8.78 Å². The van der Waals surface area contributed by atoms with Crippen LogP contribution in [0.3, 0.4) is 0 Å². The predicted molar refractivity (Wildman–Crippen MR) is 103 cm³/mol. The molecule has 0 spiro atoms. The fraction of sp³-hybridized carbons (Fsp3) is 0.250. The first kappa shape index (κ1) is 21.8. The van der Waals surface area contributed by atoms with E-state index in [9.17, 15) is 18.4 Å². The maximum Gasteiger partial charge on any atom is 0.387 e. The number of ketones is 1. The monoisotopic (exact) mass is 406 g/mol. The Morgan fingerprint density at radius 3 is 2.55 bits per heavy atom. The highest BCUT2D eigenvalue weighted by molar-refractivity contribution is 5.98. The molecule has 2 aromatic rings. The Kier molecular flexibility index (Phi) is 7.64. The number of Topliss-reactive ketones (excluding diaryl/α,β-unsaturated/α-hetero) is 1. The van der Waals surface area contributed by atoms with Crippen LogP contribution < -0.4 is 14.8 Å². The second-order valence-corrected chi connectivity index (χ2v) is 5.90. The molecule has 1 atom stereocenters. The van der Waals surface area contributed by atoms with Gasteiger partial charge in [0.2, 0.25) is 6.10 Å². The van der Waals surface area contributed by atoms with Crippen LogP contribution in [0.25, 0.3) is 0 Å². The molecule has 0 aliphatic rings. The number of ether oxygens (including phenoxy) is 2. The van der Waals surface area contributed by atoms with Crippen molar-refractivity contribution in [1.29, 1.82) is 0 Å². The lowest BCUT2D eigenvalue weighted by atomic mass is 10.1. The van der Waals surface area contributed by atoms with Gasteiger partial charge < -0.3 is 19.6 Å². The molecule has 2 aromatic carbocycles. The highest BCUT2D eigenvalue weighted by Gasteiger charge is 2.15. The third kappa shape index (κ3) is 6.56. The maximum absolute atomic E-state index is 12.3. The summed E-state index contributed by atoms with van der Waals surface area (Å²) in [5.74, 6) is -0.581. The molecular formula is C20H20F2N2O5. The third-order valence-electron chi connectivity index (χ3n) is 3.73. The largest absolute Gasteiger partial charge is 0.493 e. The Morgan fingerprint density at radius 2 is 1.90 bits per heavy atom. The van der Waals surface area contributed by atoms with Gasteiger partial charge in [0.1, 0.15) is 0 Å². The number of oxime groups is 1. The molecule has 0 aliphatic heterocycles. The van der Waals surface area contributed by atoms with Gasteiger partial charge in [-0.25, -0.2) is 0 Å². The van der Waals surface area contributed by atoms with Gasteiger partial charge in [0.25, 0.3) is 5.91 Å². The van der Waals surface area contributed by atoms with E-state index in [1.165, 1.54) is 45.4 Å². The van der Waals surface area contributed by atoms with Crippen LogP contribution in [-0.4, -0.2) is 37.7 Å². The maximum atomic E-state index is 12.3. The van der Waals surface area contributed by atoms with Crippen molar-refractivity contribution in [3.63, 3.8) is 0 Å². The first-order valence-electron chi connectivity index (χ1n) is 8.54. The van der Waals surface area contributed by atoms with Gasteiger partial charge in [0, 0.05) is 16.8 Å². The highest BCUT2D eigenvalue weighted by Crippen LogP contribution is 2.28. The SMILES string of the molecule is COc1cc(/C=N/OC(C)C(=O)Nc2cccc(C(C)=O)c2)ccc1OC(F)F. The second-order valence-electron chi connectivity index (χ2n) is 5.90. The number of methoxy groups -OCH3 is 1. The molecule has 1 unspecified atom stereocenters. The van der Waals surface area contributed by atoms with Crippen molar-refractivity contribution in [1.82, 2.24) is 0 Å². The number of carbonyl (C=O) groups excluding carboxylic acids is 2. The van der Waals surface area contributed by atoms with Crippen LogP contribution in [0.1, 0.15) is 29.8 Å². The molecule has 9 heteroatoms. The first-order chi connectivity index (χ1) is 13.8. The summed E-state index contributed by atoms with van der Waals surface area (Å²) in [4.78, 5) is 28.7. The number of nitrogens with one attached hydrogen (secondary N) is 1. The molecule has 7 nitrogen and oxygen atoms in total. The number of halogens is 2. The summed E-state index contributed by atoms with van der Waals surface area (Å²) in [5.41, 5.74) is 1.43. The van der Waals surface area contributed by atoms with Crippen molar-refractivity contribution in [2.75, 3.05) is 12.4 Å². The summed E-state index contributed by atoms with van der Waals surface area (Å²) < 4.78 is 34.0. The number of hydrogen-bond acceptors (Lipinski definition) is 6. The summed E-state index contributed by atoms with van der Waals surface area (Å²) in [7, 11) is 1.32. The van der Waals surface area contributed by atoms with Crippen molar-refractivity contribution in [3.05, 3.63) is 53.6 Å². The Labute approximate surface area is 166 Å². The Bertz CT molecular complexity index is 902. The van der Waals surface area contributed by atoms with Crippen LogP contribution in [0, 0.1) is 0 Å². The molecule has 0 fully saturated rings. The van der Waals surface area contributed by atoms with E-state index in [1.54, 1.807) is 24.3 Å². The minimum atomic E-state index is -2.97. The van der Waals surface area contributed by atoms with Crippen LogP contribution in [-0.2, 0) is 9.63 Å². The van der Waals surface area contributed by atoms with E-state index < -0.39 is 18.6 Å². The van der Waals surface area contributed by atoms with E-state index in [2.05, 4.69) is 15.2 Å². The molecule has 0 bridgehead atoms. The fourth-order valence-electron chi connectivity index (χ4n) is 2.25. The molecule has 1 N–H and O–H groups in total. The van der Waals surface area contributed by atoms with Gasteiger partial charge in [-0.15, -0.1) is 0 Å². The average Bonchev–Trinajstić information content (AvgIpc) is 2.68. The quantitative estimate of drug-likeness (QED) is 0.388. The van der Waals surface area contributed by atoms with E-state index >= 15 is 0 Å². The van der Waals surface area contributed by atoms with E-state index in [-0.39, 0.29) is 17.3 Å². The number of hydrogen-bond donors (Lipinski definition) is 1. The molecule has 0 aromatic heterocycles. The predicted octanol–water partition coefficient (Wildman–Crippen LogP) is 3.88. The lowest BCUT2D eigenvalue weighted by Gasteiger charge is -2.11. The number of rotatable bonds is 9. The molecule has 2 rings (SSSR count). The number of alkyl halides is 2. The molecule has 0 heterocycles. The van der Waals surface area contributed by atoms with Crippen molar-refractivity contribution in [3.8, 4) is 11.5 Å². The van der Waals surface area contributed by atoms with Gasteiger partial charge in [-0.3, -0.25) is 9.59 Å². The number of carbonyl (C=O) groups is 2.